The lowest BCUT2D eigenvalue weighted by Gasteiger charge is -2.73. The highest BCUT2D eigenvalue weighted by Gasteiger charge is 2.75. The Hall–Kier alpha value is -2.71. The molecule has 0 radical (unpaired) electrons. The van der Waals surface area contributed by atoms with Gasteiger partial charge in [-0.05, 0) is 43.9 Å². The molecule has 1 amide bonds. The summed E-state index contributed by atoms with van der Waals surface area (Å²) in [6, 6.07) is 18.4. The molecule has 4 aliphatic rings. The van der Waals surface area contributed by atoms with Crippen LogP contribution in [0.25, 0.3) is 0 Å². The molecule has 3 saturated carbocycles. The maximum Gasteiger partial charge on any atom is 0.247 e. The van der Waals surface area contributed by atoms with Crippen LogP contribution in [0.15, 0.2) is 70.6 Å². The molecule has 0 spiro atoms. The Bertz CT molecular complexity index is 1160. The third-order valence-electron chi connectivity index (χ3n) is 7.21. The molecule has 0 aromatic heterocycles. The monoisotopic (exact) mass is 452 g/mol. The number of aliphatic imine (C=N–C) groups is 1. The van der Waals surface area contributed by atoms with Crippen LogP contribution >= 0.6 is 0 Å². The molecule has 7 nitrogen and oxygen atoms in total. The number of hydrogen-bond donors (Lipinski definition) is 2. The van der Waals surface area contributed by atoms with Gasteiger partial charge in [0.1, 0.15) is 11.4 Å². The number of likely N-dealkylation sites (N-methyl/N-ethyl adjacent to an activating group) is 1. The third-order valence-corrected chi connectivity index (χ3v) is 9.17. The van der Waals surface area contributed by atoms with E-state index in [0.29, 0.717) is 37.2 Å². The zero-order valence-corrected chi connectivity index (χ0v) is 19.2. The van der Waals surface area contributed by atoms with Crippen LogP contribution < -0.4 is 10.6 Å². The van der Waals surface area contributed by atoms with Crippen molar-refractivity contribution in [2.24, 2.45) is 10.4 Å². The van der Waals surface area contributed by atoms with Crippen LogP contribution in [0.5, 0.6) is 0 Å². The smallest absolute Gasteiger partial charge is 0.247 e. The minimum Gasteiger partial charge on any atom is -0.358 e. The van der Waals surface area contributed by atoms with Gasteiger partial charge in [-0.1, -0.05) is 48.5 Å². The second kappa shape index (κ2) is 7.15. The highest BCUT2D eigenvalue weighted by atomic mass is 32.2. The number of nitrogens with zero attached hydrogens (tertiary/aromatic N) is 2. The van der Waals surface area contributed by atoms with Crippen LogP contribution in [0.1, 0.15) is 31.7 Å². The Morgan fingerprint density at radius 3 is 2.25 bits per heavy atom. The second-order valence-corrected chi connectivity index (χ2v) is 11.4. The Kier molecular flexibility index (Phi) is 4.73. The summed E-state index contributed by atoms with van der Waals surface area (Å²) in [4.78, 5) is 17.2. The molecule has 168 valence electrons. The Morgan fingerprint density at radius 1 is 1.06 bits per heavy atom. The highest BCUT2D eigenvalue weighted by molar-refractivity contribution is 7.89. The SMILES string of the molecule is CNC(=O)[C@@]1(C)CN=C(C23CC(N(Cc4ccccc4)S(=O)(=O)c4ccccc4)(C2)C3)N1. The van der Waals surface area contributed by atoms with Crippen molar-refractivity contribution in [1.29, 1.82) is 0 Å². The minimum absolute atomic E-state index is 0.0880. The number of sulfonamides is 1. The summed E-state index contributed by atoms with van der Waals surface area (Å²) in [6.45, 7) is 2.59. The molecule has 32 heavy (non-hydrogen) atoms. The highest BCUT2D eigenvalue weighted by Crippen LogP contribution is 2.71. The maximum atomic E-state index is 13.7. The van der Waals surface area contributed by atoms with E-state index < -0.39 is 21.1 Å². The molecule has 2 aromatic carbocycles. The van der Waals surface area contributed by atoms with E-state index >= 15 is 0 Å². The van der Waals surface area contributed by atoms with E-state index in [1.54, 1.807) is 35.6 Å². The van der Waals surface area contributed by atoms with Crippen molar-refractivity contribution < 1.29 is 13.2 Å². The van der Waals surface area contributed by atoms with Gasteiger partial charge in [0.05, 0.1) is 11.4 Å². The number of hydrogen-bond acceptors (Lipinski definition) is 5. The molecule has 2 aromatic rings. The fourth-order valence-electron chi connectivity index (χ4n) is 5.51. The lowest BCUT2D eigenvalue weighted by atomic mass is 9.38. The number of benzene rings is 2. The van der Waals surface area contributed by atoms with Gasteiger partial charge < -0.3 is 10.6 Å². The number of carbonyl (C=O) groups is 1. The Morgan fingerprint density at radius 2 is 1.66 bits per heavy atom. The van der Waals surface area contributed by atoms with Gasteiger partial charge in [0, 0.05) is 24.5 Å². The summed E-state index contributed by atoms with van der Waals surface area (Å²) in [5, 5.41) is 6.04. The quantitative estimate of drug-likeness (QED) is 0.675. The predicted molar refractivity (Wildman–Crippen MR) is 123 cm³/mol. The van der Waals surface area contributed by atoms with Gasteiger partial charge in [-0.2, -0.15) is 4.31 Å². The largest absolute Gasteiger partial charge is 0.358 e. The summed E-state index contributed by atoms with van der Waals surface area (Å²) in [7, 11) is -2.04. The summed E-state index contributed by atoms with van der Waals surface area (Å²) in [6.07, 6.45) is 2.15. The van der Waals surface area contributed by atoms with Crippen molar-refractivity contribution in [2.45, 2.75) is 48.7 Å². The van der Waals surface area contributed by atoms with Crippen molar-refractivity contribution in [2.75, 3.05) is 13.6 Å². The van der Waals surface area contributed by atoms with E-state index in [4.69, 9.17) is 0 Å². The van der Waals surface area contributed by atoms with Crippen LogP contribution in [-0.4, -0.2) is 49.1 Å². The fraction of sp³-hybridized carbons (Fsp3) is 0.417. The van der Waals surface area contributed by atoms with Crippen molar-refractivity contribution in [3.8, 4) is 0 Å². The fourth-order valence-corrected chi connectivity index (χ4v) is 7.29. The van der Waals surface area contributed by atoms with Crippen molar-refractivity contribution in [3.63, 3.8) is 0 Å². The molecular weight excluding hydrogens is 424 g/mol. The average Bonchev–Trinajstić information content (AvgIpc) is 3.15. The molecular formula is C24H28N4O3S. The standard InChI is InChI=1S/C24H28N4O3S/c1-22(21(29)25-2)17-26-20(27-22)23-14-24(15-23,16-23)28(13-18-9-5-3-6-10-18)32(30,31)19-11-7-4-8-12-19/h3-12H,13-17H2,1-2H3,(H,25,29)(H,26,27)/t22-,23?,24?/m1/s1. The van der Waals surface area contributed by atoms with E-state index in [1.807, 2.05) is 43.3 Å². The number of amidine groups is 1. The lowest BCUT2D eigenvalue weighted by molar-refractivity contribution is -0.151. The van der Waals surface area contributed by atoms with E-state index in [9.17, 15) is 13.2 Å². The second-order valence-electron chi connectivity index (χ2n) is 9.55. The summed E-state index contributed by atoms with van der Waals surface area (Å²) >= 11 is 0. The summed E-state index contributed by atoms with van der Waals surface area (Å²) in [5.41, 5.74) is -0.352. The van der Waals surface area contributed by atoms with Crippen LogP contribution in [-0.2, 0) is 21.4 Å². The number of rotatable bonds is 7. The zero-order valence-electron chi connectivity index (χ0n) is 18.3. The van der Waals surface area contributed by atoms with Gasteiger partial charge in [0.2, 0.25) is 15.9 Å². The topological polar surface area (TPSA) is 90.9 Å². The van der Waals surface area contributed by atoms with Crippen LogP contribution in [0.2, 0.25) is 0 Å². The molecule has 8 heteroatoms. The predicted octanol–water partition coefficient (Wildman–Crippen LogP) is 2.31. The molecule has 6 rings (SSSR count). The van der Waals surface area contributed by atoms with Crippen LogP contribution in [0, 0.1) is 5.41 Å². The van der Waals surface area contributed by atoms with E-state index in [-0.39, 0.29) is 11.3 Å². The van der Waals surface area contributed by atoms with Gasteiger partial charge in [0.25, 0.3) is 0 Å². The Labute approximate surface area is 189 Å². The van der Waals surface area contributed by atoms with Gasteiger partial charge in [-0.25, -0.2) is 8.42 Å². The first-order valence-electron chi connectivity index (χ1n) is 10.9. The van der Waals surface area contributed by atoms with Gasteiger partial charge >= 0.3 is 0 Å². The number of carbonyl (C=O) groups excluding carboxylic acids is 1. The number of amides is 1. The first kappa shape index (κ1) is 21.2. The average molecular weight is 453 g/mol. The third kappa shape index (κ3) is 3.08. The molecule has 1 aliphatic heterocycles. The molecule has 0 unspecified atom stereocenters. The molecule has 1 heterocycles. The zero-order chi connectivity index (χ0) is 22.6. The number of nitrogens with one attached hydrogen (secondary N) is 2. The molecule has 1 atom stereocenters. The van der Waals surface area contributed by atoms with Crippen LogP contribution in [0.3, 0.4) is 0 Å². The first-order chi connectivity index (χ1) is 15.2. The van der Waals surface area contributed by atoms with Gasteiger partial charge in [-0.15, -0.1) is 0 Å². The van der Waals surface area contributed by atoms with E-state index in [1.165, 1.54) is 0 Å². The molecule has 2 N–H and O–H groups in total. The van der Waals surface area contributed by atoms with Crippen molar-refractivity contribution in [1.82, 2.24) is 14.9 Å². The van der Waals surface area contributed by atoms with Crippen molar-refractivity contribution in [3.05, 3.63) is 66.2 Å². The molecule has 0 saturated heterocycles. The molecule has 3 fully saturated rings. The first-order valence-corrected chi connectivity index (χ1v) is 12.3. The lowest BCUT2D eigenvalue weighted by Crippen LogP contribution is -2.79. The molecule has 3 aliphatic carbocycles. The normalized spacial score (nSPS) is 30.7. The van der Waals surface area contributed by atoms with Gasteiger partial charge in [-0.3, -0.25) is 9.79 Å². The molecule has 2 bridgehead atoms. The minimum atomic E-state index is -3.66. The maximum absolute atomic E-state index is 13.7. The summed E-state index contributed by atoms with van der Waals surface area (Å²) < 4.78 is 29.1. The van der Waals surface area contributed by atoms with Gasteiger partial charge in [0.15, 0.2) is 0 Å². The van der Waals surface area contributed by atoms with E-state index in [0.717, 1.165) is 11.4 Å². The summed E-state index contributed by atoms with van der Waals surface area (Å²) in [5.74, 6) is 0.761. The van der Waals surface area contributed by atoms with Crippen LogP contribution in [0.4, 0.5) is 0 Å². The van der Waals surface area contributed by atoms with E-state index in [2.05, 4.69) is 15.6 Å². The van der Waals surface area contributed by atoms with Crippen molar-refractivity contribution >= 4 is 21.8 Å². The Balaban J connectivity index is 1.40.